The van der Waals surface area contributed by atoms with E-state index in [9.17, 15) is 13.6 Å². The van der Waals surface area contributed by atoms with Crippen molar-refractivity contribution < 1.29 is 13.6 Å². The molecule has 0 unspecified atom stereocenters. The Morgan fingerprint density at radius 3 is 2.71 bits per heavy atom. The summed E-state index contributed by atoms with van der Waals surface area (Å²) >= 11 is 0. The smallest absolute Gasteiger partial charge is 0.224 e. The maximum atomic E-state index is 13.6. The maximum absolute atomic E-state index is 13.6. The van der Waals surface area contributed by atoms with Gasteiger partial charge in [-0.05, 0) is 31.7 Å². The highest BCUT2D eigenvalue weighted by atomic mass is 19.2. The van der Waals surface area contributed by atoms with Crippen LogP contribution in [0.15, 0.2) is 18.2 Å². The summed E-state index contributed by atoms with van der Waals surface area (Å²) in [7, 11) is 0. The van der Waals surface area contributed by atoms with Crippen LogP contribution in [0.25, 0.3) is 0 Å². The van der Waals surface area contributed by atoms with Gasteiger partial charge in [0.05, 0.1) is 13.0 Å². The number of halogens is 2. The van der Waals surface area contributed by atoms with Gasteiger partial charge in [-0.2, -0.15) is 0 Å². The van der Waals surface area contributed by atoms with E-state index in [2.05, 4.69) is 20.1 Å². The first kappa shape index (κ1) is 15.2. The van der Waals surface area contributed by atoms with Crippen molar-refractivity contribution in [2.75, 3.05) is 0 Å². The van der Waals surface area contributed by atoms with Gasteiger partial charge in [0.15, 0.2) is 17.5 Å². The third kappa shape index (κ3) is 3.02. The Bertz CT molecular complexity index is 781. The lowest BCUT2D eigenvalue weighted by atomic mass is 10.1. The van der Waals surface area contributed by atoms with Gasteiger partial charge in [-0.1, -0.05) is 12.1 Å². The van der Waals surface area contributed by atoms with E-state index in [4.69, 9.17) is 0 Å². The Morgan fingerprint density at radius 2 is 2.00 bits per heavy atom. The fourth-order valence-corrected chi connectivity index (χ4v) is 2.91. The van der Waals surface area contributed by atoms with Gasteiger partial charge >= 0.3 is 0 Å². The van der Waals surface area contributed by atoms with Crippen molar-refractivity contribution in [3.63, 3.8) is 0 Å². The SMILES string of the molecule is O=C(Cc1cccc(F)c1F)NCc1nnc(C2CC2)n1C1CC1. The molecule has 0 aliphatic heterocycles. The van der Waals surface area contributed by atoms with Crippen LogP contribution in [0.1, 0.15) is 54.9 Å². The van der Waals surface area contributed by atoms with E-state index in [0.29, 0.717) is 12.0 Å². The number of aromatic nitrogens is 3. The minimum absolute atomic E-state index is 0.0508. The molecule has 2 aromatic rings. The molecule has 4 rings (SSSR count). The fourth-order valence-electron chi connectivity index (χ4n) is 2.91. The second-order valence-electron chi connectivity index (χ2n) is 6.52. The van der Waals surface area contributed by atoms with Crippen LogP contribution in [0.2, 0.25) is 0 Å². The Hall–Kier alpha value is -2.31. The second-order valence-corrected chi connectivity index (χ2v) is 6.52. The second kappa shape index (κ2) is 5.96. The lowest BCUT2D eigenvalue weighted by molar-refractivity contribution is -0.120. The topological polar surface area (TPSA) is 59.8 Å². The molecule has 1 aromatic carbocycles. The summed E-state index contributed by atoms with van der Waals surface area (Å²) in [5.74, 6) is -0.000170. The average Bonchev–Trinajstić information content (AvgIpc) is 3.48. The molecule has 2 fully saturated rings. The molecular formula is C17H18F2N4O. The first-order valence-electron chi connectivity index (χ1n) is 8.26. The molecule has 1 aromatic heterocycles. The Labute approximate surface area is 138 Å². The van der Waals surface area contributed by atoms with Crippen LogP contribution in [-0.2, 0) is 17.8 Å². The van der Waals surface area contributed by atoms with E-state index in [1.165, 1.54) is 12.1 Å². The van der Waals surface area contributed by atoms with Crippen molar-refractivity contribution in [1.29, 1.82) is 0 Å². The minimum Gasteiger partial charge on any atom is -0.349 e. The van der Waals surface area contributed by atoms with Gasteiger partial charge in [0.25, 0.3) is 0 Å². The third-order valence-corrected chi connectivity index (χ3v) is 4.47. The number of nitrogens with one attached hydrogen (secondary N) is 1. The number of carbonyl (C=O) groups excluding carboxylic acids is 1. The molecule has 2 aliphatic rings. The number of hydrogen-bond donors (Lipinski definition) is 1. The Balaban J connectivity index is 1.41. The molecule has 0 bridgehead atoms. The predicted molar refractivity (Wildman–Crippen MR) is 82.2 cm³/mol. The number of nitrogens with zero attached hydrogens (tertiary/aromatic N) is 3. The number of benzene rings is 1. The molecule has 24 heavy (non-hydrogen) atoms. The first-order valence-corrected chi connectivity index (χ1v) is 8.26. The molecule has 0 atom stereocenters. The summed E-state index contributed by atoms with van der Waals surface area (Å²) < 4.78 is 29.0. The van der Waals surface area contributed by atoms with Crippen LogP contribution in [0.5, 0.6) is 0 Å². The molecule has 5 nitrogen and oxygen atoms in total. The highest BCUT2D eigenvalue weighted by Crippen LogP contribution is 2.44. The van der Waals surface area contributed by atoms with Crippen molar-refractivity contribution in [2.45, 2.75) is 50.6 Å². The Morgan fingerprint density at radius 1 is 1.21 bits per heavy atom. The van der Waals surface area contributed by atoms with E-state index in [-0.39, 0.29) is 24.4 Å². The Kier molecular flexibility index (Phi) is 3.78. The van der Waals surface area contributed by atoms with Crippen LogP contribution in [0.3, 0.4) is 0 Å². The van der Waals surface area contributed by atoms with Crippen LogP contribution in [-0.4, -0.2) is 20.7 Å². The normalized spacial score (nSPS) is 17.1. The van der Waals surface area contributed by atoms with E-state index in [0.717, 1.165) is 43.4 Å². The lowest BCUT2D eigenvalue weighted by Crippen LogP contribution is -2.26. The summed E-state index contributed by atoms with van der Waals surface area (Å²) in [4.78, 5) is 12.0. The molecule has 1 amide bonds. The summed E-state index contributed by atoms with van der Waals surface area (Å²) in [6, 6.07) is 4.29. The molecule has 0 saturated heterocycles. The minimum atomic E-state index is -0.968. The van der Waals surface area contributed by atoms with Gasteiger partial charge < -0.3 is 9.88 Å². The zero-order valence-electron chi connectivity index (χ0n) is 13.1. The molecule has 1 N–H and O–H groups in total. The highest BCUT2D eigenvalue weighted by Gasteiger charge is 2.36. The lowest BCUT2D eigenvalue weighted by Gasteiger charge is -2.10. The number of amides is 1. The molecular weight excluding hydrogens is 314 g/mol. The van der Waals surface area contributed by atoms with Crippen molar-refractivity contribution in [1.82, 2.24) is 20.1 Å². The summed E-state index contributed by atoms with van der Waals surface area (Å²) in [5, 5.41) is 11.2. The van der Waals surface area contributed by atoms with Gasteiger partial charge in [-0.15, -0.1) is 10.2 Å². The zero-order chi connectivity index (χ0) is 16.7. The molecule has 2 aliphatic carbocycles. The fraction of sp³-hybridized carbons (Fsp3) is 0.471. The van der Waals surface area contributed by atoms with Gasteiger partial charge in [-0.3, -0.25) is 4.79 Å². The molecule has 0 spiro atoms. The standard InChI is InChI=1S/C17H18F2N4O/c18-13-3-1-2-11(16(13)19)8-15(24)20-9-14-21-22-17(10-4-5-10)23(14)12-6-7-12/h1-3,10,12H,4-9H2,(H,20,24). The summed E-state index contributed by atoms with van der Waals surface area (Å²) in [6.45, 7) is 0.256. The zero-order valence-corrected chi connectivity index (χ0v) is 13.1. The van der Waals surface area contributed by atoms with Crippen molar-refractivity contribution in [2.24, 2.45) is 0 Å². The predicted octanol–water partition coefficient (Wildman–Crippen LogP) is 2.63. The molecule has 7 heteroatoms. The molecule has 0 radical (unpaired) electrons. The van der Waals surface area contributed by atoms with Crippen LogP contribution < -0.4 is 5.32 Å². The van der Waals surface area contributed by atoms with Crippen LogP contribution in [0.4, 0.5) is 8.78 Å². The van der Waals surface area contributed by atoms with Crippen molar-refractivity contribution in [3.05, 3.63) is 47.0 Å². The van der Waals surface area contributed by atoms with Crippen LogP contribution in [0, 0.1) is 11.6 Å². The van der Waals surface area contributed by atoms with Crippen molar-refractivity contribution in [3.8, 4) is 0 Å². The molecule has 2 saturated carbocycles. The third-order valence-electron chi connectivity index (χ3n) is 4.47. The van der Waals surface area contributed by atoms with E-state index < -0.39 is 11.6 Å². The molecule has 126 valence electrons. The number of rotatable bonds is 6. The van der Waals surface area contributed by atoms with Gasteiger partial charge in [0.2, 0.25) is 5.91 Å². The molecule has 1 heterocycles. The van der Waals surface area contributed by atoms with E-state index >= 15 is 0 Å². The van der Waals surface area contributed by atoms with Gasteiger partial charge in [-0.25, -0.2) is 8.78 Å². The first-order chi connectivity index (χ1) is 11.6. The van der Waals surface area contributed by atoms with Gasteiger partial charge in [0, 0.05) is 17.5 Å². The number of hydrogen-bond acceptors (Lipinski definition) is 3. The van der Waals surface area contributed by atoms with Gasteiger partial charge in [0.1, 0.15) is 5.82 Å². The quantitative estimate of drug-likeness (QED) is 0.885. The summed E-state index contributed by atoms with van der Waals surface area (Å²) in [6.07, 6.45) is 4.34. The monoisotopic (exact) mass is 332 g/mol. The van der Waals surface area contributed by atoms with Crippen molar-refractivity contribution >= 4 is 5.91 Å². The average molecular weight is 332 g/mol. The highest BCUT2D eigenvalue weighted by molar-refractivity contribution is 5.78. The van der Waals surface area contributed by atoms with E-state index in [1.807, 2.05) is 0 Å². The maximum Gasteiger partial charge on any atom is 0.224 e. The van der Waals surface area contributed by atoms with E-state index in [1.54, 1.807) is 0 Å². The van der Waals surface area contributed by atoms with Crippen LogP contribution >= 0.6 is 0 Å². The largest absolute Gasteiger partial charge is 0.349 e. The number of carbonyl (C=O) groups is 1. The summed E-state index contributed by atoms with van der Waals surface area (Å²) in [5.41, 5.74) is 0.0508.